The van der Waals surface area contributed by atoms with Crippen molar-refractivity contribution >= 4 is 138 Å². The van der Waals surface area contributed by atoms with Crippen LogP contribution < -0.4 is 10.2 Å². The van der Waals surface area contributed by atoms with Gasteiger partial charge in [0.05, 0.1) is 0 Å². The van der Waals surface area contributed by atoms with Crippen molar-refractivity contribution in [3.63, 3.8) is 0 Å². The van der Waals surface area contributed by atoms with E-state index in [9.17, 15) is 0 Å². The number of carboxylic acid groups (broad SMARTS) is 2. The summed E-state index contributed by atoms with van der Waals surface area (Å²) >= 11 is 0. The fourth-order valence-electron chi connectivity index (χ4n) is 0. The van der Waals surface area contributed by atoms with Crippen LogP contribution in [0.4, 0.5) is 4.79 Å². The normalized spacial score (nSPS) is 3.43. The zero-order valence-corrected chi connectivity index (χ0v) is 14.0. The summed E-state index contributed by atoms with van der Waals surface area (Å²) in [6.45, 7) is 0. The molecule has 0 rings (SSSR count). The third-order valence-corrected chi connectivity index (χ3v) is 0. The molecule has 0 amide bonds. The van der Waals surface area contributed by atoms with Gasteiger partial charge in [0, 0.05) is 0 Å². The van der Waals surface area contributed by atoms with Gasteiger partial charge in [-0.15, -0.1) is 0 Å². The summed E-state index contributed by atoms with van der Waals surface area (Å²) in [5.74, 6) is 0. The fraction of sp³-hybridized carbons (Fsp3) is 0. The quantitative estimate of drug-likeness (QED) is 0.442. The van der Waals surface area contributed by atoms with Crippen molar-refractivity contribution in [3.05, 3.63) is 0 Å². The van der Waals surface area contributed by atoms with Crippen molar-refractivity contribution in [2.75, 3.05) is 0 Å². The Morgan fingerprint density at radius 3 is 1.43 bits per heavy atom. The van der Waals surface area contributed by atoms with E-state index in [0.29, 0.717) is 0 Å². The van der Waals surface area contributed by atoms with Crippen molar-refractivity contribution in [3.8, 4) is 0 Å². The van der Waals surface area contributed by atoms with Crippen LogP contribution in [0.2, 0.25) is 0 Å². The van der Waals surface area contributed by atoms with Gasteiger partial charge in [0.1, 0.15) is 0 Å². The maximum absolute atomic E-state index is 8.33. The number of hydrogen-bond acceptors (Lipinski definition) is 3. The van der Waals surface area contributed by atoms with Gasteiger partial charge in [-0.05, 0) is 6.16 Å². The van der Waals surface area contributed by atoms with Gasteiger partial charge in [0.2, 0.25) is 0 Å². The molecule has 3 nitrogen and oxygen atoms in total. The Labute approximate surface area is 155 Å². The van der Waals surface area contributed by atoms with Gasteiger partial charge in [-0.3, -0.25) is 0 Å². The number of carbonyl (C=O) groups is 1. The first-order chi connectivity index (χ1) is 1.73. The minimum absolute atomic E-state index is 0. The van der Waals surface area contributed by atoms with E-state index in [1.807, 2.05) is 0 Å². The largest absolute Gasteiger partial charge is 2.00 e. The van der Waals surface area contributed by atoms with Gasteiger partial charge >= 0.3 is 132 Å². The van der Waals surface area contributed by atoms with Crippen molar-refractivity contribution in [1.29, 1.82) is 0 Å². The third-order valence-electron chi connectivity index (χ3n) is 0. The summed E-state index contributed by atoms with van der Waals surface area (Å²) in [6.07, 6.45) is -2.33. The molecule has 6 heteroatoms. The Balaban J connectivity index is -0.00000000214. The Bertz CT molecular complexity index is 48.3. The van der Waals surface area contributed by atoms with Gasteiger partial charge < -0.3 is 20.7 Å². The summed E-state index contributed by atoms with van der Waals surface area (Å²) in [5.41, 5.74) is 0. The Kier molecular flexibility index (Phi) is 52.2. The van der Waals surface area contributed by atoms with Crippen molar-refractivity contribution < 1.29 is 20.7 Å². The van der Waals surface area contributed by atoms with Crippen LogP contribution in [0.25, 0.3) is 0 Å². The molecule has 32 valence electrons. The van der Waals surface area contributed by atoms with Crippen molar-refractivity contribution in [2.24, 2.45) is 0 Å². The van der Waals surface area contributed by atoms with Gasteiger partial charge in [-0.25, -0.2) is 0 Å². The van der Waals surface area contributed by atoms with Gasteiger partial charge in [0.25, 0.3) is 0 Å². The molecule has 0 fully saturated rings. The molecule has 0 aromatic heterocycles. The topological polar surface area (TPSA) is 63.2 Å². The van der Waals surface area contributed by atoms with Crippen molar-refractivity contribution in [2.45, 2.75) is 0 Å². The smallest absolute Gasteiger partial charge is 1.00 e. The molecule has 0 radical (unpaired) electrons. The first-order valence-corrected chi connectivity index (χ1v) is 0.612. The summed E-state index contributed by atoms with van der Waals surface area (Å²) in [4.78, 5) is 8.33. The molecule has 0 bridgehead atoms. The van der Waals surface area contributed by atoms with E-state index in [1.54, 1.807) is 0 Å². The molecule has 0 saturated heterocycles. The van der Waals surface area contributed by atoms with Gasteiger partial charge in [-0.1, -0.05) is 0 Å². The predicted octanol–water partition coefficient (Wildman–Crippen LogP) is -3.14. The van der Waals surface area contributed by atoms with E-state index >= 15 is 0 Å². The van der Waals surface area contributed by atoms with Crippen LogP contribution in [-0.2, 0) is 0 Å². The van der Waals surface area contributed by atoms with Crippen LogP contribution in [0.1, 0.15) is 5.71 Å². The molecule has 7 heavy (non-hydrogen) atoms. The maximum Gasteiger partial charge on any atom is 2.00 e. The van der Waals surface area contributed by atoms with E-state index < -0.39 is 6.16 Å². The molecular weight excluding hydrogens is 325 g/mol. The average molecular weight is 329 g/mol. The summed E-state index contributed by atoms with van der Waals surface area (Å²) < 4.78 is 0. The summed E-state index contributed by atoms with van der Waals surface area (Å²) in [7, 11) is 0. The molecule has 0 aliphatic heterocycles. The zero-order chi connectivity index (χ0) is 3.58. The molecule has 0 aliphatic rings. The molecule has 0 aliphatic carbocycles. The van der Waals surface area contributed by atoms with Crippen LogP contribution >= 0.6 is 0 Å². The molecule has 0 atom stereocenters. The first-order valence-electron chi connectivity index (χ1n) is 0.612. The van der Waals surface area contributed by atoms with Crippen LogP contribution in [0.5, 0.6) is 0 Å². The van der Waals surface area contributed by atoms with Crippen LogP contribution in [0.15, 0.2) is 0 Å². The molecule has 0 aromatic rings. The van der Waals surface area contributed by atoms with Crippen LogP contribution in [0, 0.1) is 0 Å². The number of hydrogen-bond donors (Lipinski definition) is 0. The predicted molar refractivity (Wildman–Crippen MR) is 27.1 cm³/mol. The Morgan fingerprint density at radius 1 is 1.43 bits per heavy atom. The summed E-state index contributed by atoms with van der Waals surface area (Å²) in [5, 5.41) is 16.7. The zero-order valence-electron chi connectivity index (χ0n) is 7.85. The molecular formula is CH4BaCaO3Sr. The SMILES string of the molecule is O=C([O-])[O-].[Ba+2].[Ca+2].[H-].[H-].[H-].[H-].[Sr+2]. The fourth-order valence-corrected chi connectivity index (χ4v) is 0. The Morgan fingerprint density at radius 2 is 1.43 bits per heavy atom. The molecule has 0 saturated carbocycles. The average Bonchev–Trinajstić information content (AvgIpc) is 0.811. The van der Waals surface area contributed by atoms with E-state index in [4.69, 9.17) is 15.0 Å². The minimum Gasteiger partial charge on any atom is -1.00 e. The monoisotopic (exact) mass is 330 g/mol. The molecule has 0 aromatic carbocycles. The number of carbonyl (C=O) groups excluding carboxylic acids is 1. The van der Waals surface area contributed by atoms with E-state index in [1.165, 1.54) is 0 Å². The van der Waals surface area contributed by atoms with E-state index in [2.05, 4.69) is 0 Å². The van der Waals surface area contributed by atoms with E-state index in [-0.39, 0.29) is 138 Å². The van der Waals surface area contributed by atoms with Gasteiger partial charge in [0.15, 0.2) is 0 Å². The Hall–Kier alpha value is 3.58. The maximum atomic E-state index is 8.33. The van der Waals surface area contributed by atoms with E-state index in [0.717, 1.165) is 0 Å². The summed E-state index contributed by atoms with van der Waals surface area (Å²) in [6, 6.07) is 0. The molecule has 0 spiro atoms. The third kappa shape index (κ3) is 42.9. The molecule has 0 heterocycles. The van der Waals surface area contributed by atoms with Crippen LogP contribution in [-0.4, -0.2) is 138 Å². The second-order valence-electron chi connectivity index (χ2n) is 0.250. The van der Waals surface area contributed by atoms with Crippen molar-refractivity contribution in [1.82, 2.24) is 0 Å². The minimum atomic E-state index is -2.33. The van der Waals surface area contributed by atoms with Crippen LogP contribution in [0.3, 0.4) is 0 Å². The molecule has 0 N–H and O–H groups in total. The number of rotatable bonds is 0. The second-order valence-corrected chi connectivity index (χ2v) is 0.250. The molecule has 0 unspecified atom stereocenters. The first kappa shape index (κ1) is 22.4. The second kappa shape index (κ2) is 16.3. The van der Waals surface area contributed by atoms with Gasteiger partial charge in [-0.2, -0.15) is 0 Å². The standard InChI is InChI=1S/CH2O3.Ba.Ca.Sr.4H/c2-1(3)4;;;;;;;/h(H2,2,3,4);;;;;;;/q;3*+2;4*-1/p-2.